The molecule has 0 bridgehead atoms. The Hall–Kier alpha value is -1.75. The van der Waals surface area contributed by atoms with Gasteiger partial charge in [0.05, 0.1) is 26.4 Å². The van der Waals surface area contributed by atoms with Gasteiger partial charge < -0.3 is 19.5 Å². The molecular formula is C15H23NO4. The molecule has 0 saturated carbocycles. The van der Waals surface area contributed by atoms with Crippen molar-refractivity contribution in [1.29, 1.82) is 0 Å². The fourth-order valence-electron chi connectivity index (χ4n) is 1.78. The third-order valence-electron chi connectivity index (χ3n) is 2.83. The summed E-state index contributed by atoms with van der Waals surface area (Å²) in [6, 6.07) is 5.30. The molecule has 0 fully saturated rings. The average Bonchev–Trinajstić information content (AvgIpc) is 2.44. The number of benzene rings is 1. The third-order valence-corrected chi connectivity index (χ3v) is 2.83. The van der Waals surface area contributed by atoms with Gasteiger partial charge in [-0.05, 0) is 39.0 Å². The summed E-state index contributed by atoms with van der Waals surface area (Å²) < 4.78 is 15.8. The second kappa shape index (κ2) is 7.75. The molecule has 1 amide bonds. The lowest BCUT2D eigenvalue weighted by Gasteiger charge is -2.18. The van der Waals surface area contributed by atoms with Crippen molar-refractivity contribution in [2.45, 2.75) is 32.9 Å². The maximum absolute atomic E-state index is 11.8. The molecule has 0 aliphatic heterocycles. The Kier molecular flexibility index (Phi) is 6.31. The number of hydrogen-bond acceptors (Lipinski definition) is 4. The number of amides is 1. The predicted octanol–water partition coefficient (Wildman–Crippen LogP) is 2.31. The minimum absolute atomic E-state index is 0.0300. The van der Waals surface area contributed by atoms with Gasteiger partial charge in [-0.2, -0.15) is 0 Å². The molecule has 0 heterocycles. The Morgan fingerprint density at radius 3 is 2.45 bits per heavy atom. The highest BCUT2D eigenvalue weighted by atomic mass is 16.5. The van der Waals surface area contributed by atoms with Gasteiger partial charge >= 0.3 is 0 Å². The van der Waals surface area contributed by atoms with Gasteiger partial charge in [-0.25, -0.2) is 0 Å². The summed E-state index contributed by atoms with van der Waals surface area (Å²) in [6.45, 7) is 5.72. The van der Waals surface area contributed by atoms with Gasteiger partial charge in [0, 0.05) is 5.56 Å². The van der Waals surface area contributed by atoms with Crippen molar-refractivity contribution in [3.05, 3.63) is 23.8 Å². The van der Waals surface area contributed by atoms with Crippen LogP contribution in [0.3, 0.4) is 0 Å². The molecule has 1 unspecified atom stereocenters. The van der Waals surface area contributed by atoms with Crippen molar-refractivity contribution >= 4 is 5.91 Å². The Morgan fingerprint density at radius 2 is 1.90 bits per heavy atom. The molecule has 0 radical (unpaired) electrons. The van der Waals surface area contributed by atoms with Crippen molar-refractivity contribution in [1.82, 2.24) is 5.32 Å². The van der Waals surface area contributed by atoms with Crippen LogP contribution in [0, 0.1) is 0 Å². The molecule has 5 nitrogen and oxygen atoms in total. The smallest absolute Gasteiger partial charge is 0.246 e. The van der Waals surface area contributed by atoms with Gasteiger partial charge in [0.1, 0.15) is 18.1 Å². The first-order valence-corrected chi connectivity index (χ1v) is 6.60. The van der Waals surface area contributed by atoms with Crippen LogP contribution in [-0.4, -0.2) is 32.8 Å². The Balaban J connectivity index is 2.75. The lowest BCUT2D eigenvalue weighted by Crippen LogP contribution is -2.31. The van der Waals surface area contributed by atoms with Crippen molar-refractivity contribution in [2.24, 2.45) is 0 Å². The highest BCUT2D eigenvalue weighted by Crippen LogP contribution is 2.29. The Morgan fingerprint density at radius 1 is 1.20 bits per heavy atom. The molecule has 1 rings (SSSR count). The number of carbonyl (C=O) groups excluding carboxylic acids is 1. The monoisotopic (exact) mass is 281 g/mol. The number of ether oxygens (including phenoxy) is 3. The molecule has 0 aliphatic carbocycles. The molecule has 0 aliphatic rings. The first kappa shape index (κ1) is 16.3. The van der Waals surface area contributed by atoms with Gasteiger partial charge in [-0.1, -0.05) is 0 Å². The van der Waals surface area contributed by atoms with E-state index in [4.69, 9.17) is 14.2 Å². The summed E-state index contributed by atoms with van der Waals surface area (Å²) in [7, 11) is 3.20. The summed E-state index contributed by atoms with van der Waals surface area (Å²) in [5.41, 5.74) is 0.866. The zero-order chi connectivity index (χ0) is 15.1. The number of rotatable bonds is 7. The van der Waals surface area contributed by atoms with Gasteiger partial charge in [0.2, 0.25) is 5.91 Å². The average molecular weight is 281 g/mol. The van der Waals surface area contributed by atoms with E-state index in [0.717, 1.165) is 11.3 Å². The summed E-state index contributed by atoms with van der Waals surface area (Å²) in [5, 5.41) is 2.88. The van der Waals surface area contributed by atoms with Crippen LogP contribution >= 0.6 is 0 Å². The van der Waals surface area contributed by atoms with Crippen LogP contribution in [0.1, 0.15) is 32.4 Å². The van der Waals surface area contributed by atoms with Crippen molar-refractivity contribution in [2.75, 3.05) is 20.8 Å². The van der Waals surface area contributed by atoms with Crippen LogP contribution in [0.2, 0.25) is 0 Å². The van der Waals surface area contributed by atoms with Gasteiger partial charge in [-0.15, -0.1) is 0 Å². The fourth-order valence-corrected chi connectivity index (χ4v) is 1.78. The topological polar surface area (TPSA) is 56.8 Å². The number of hydrogen-bond donors (Lipinski definition) is 1. The van der Waals surface area contributed by atoms with Crippen LogP contribution in [0.25, 0.3) is 0 Å². The third kappa shape index (κ3) is 4.74. The van der Waals surface area contributed by atoms with Crippen molar-refractivity contribution < 1.29 is 19.0 Å². The Labute approximate surface area is 120 Å². The minimum Gasteiger partial charge on any atom is -0.497 e. The second-order valence-corrected chi connectivity index (χ2v) is 4.76. The SMILES string of the molecule is COc1ccc(OC)c(C(C)NC(=O)COC(C)C)c1. The molecule has 0 saturated heterocycles. The molecule has 1 aromatic carbocycles. The van der Waals surface area contributed by atoms with Crippen LogP contribution in [0.5, 0.6) is 11.5 Å². The molecule has 0 aromatic heterocycles. The van der Waals surface area contributed by atoms with E-state index in [1.807, 2.05) is 39.0 Å². The molecule has 1 aromatic rings. The lowest BCUT2D eigenvalue weighted by atomic mass is 10.1. The molecule has 1 atom stereocenters. The zero-order valence-electron chi connectivity index (χ0n) is 12.7. The largest absolute Gasteiger partial charge is 0.497 e. The molecular weight excluding hydrogens is 258 g/mol. The number of methoxy groups -OCH3 is 2. The maximum Gasteiger partial charge on any atom is 0.246 e. The van der Waals surface area contributed by atoms with Crippen LogP contribution in [-0.2, 0) is 9.53 Å². The van der Waals surface area contributed by atoms with Crippen LogP contribution in [0.15, 0.2) is 18.2 Å². The quantitative estimate of drug-likeness (QED) is 0.833. The first-order valence-electron chi connectivity index (χ1n) is 6.60. The van der Waals surface area contributed by atoms with Crippen LogP contribution < -0.4 is 14.8 Å². The molecule has 20 heavy (non-hydrogen) atoms. The normalized spacial score (nSPS) is 12.1. The van der Waals surface area contributed by atoms with E-state index in [0.29, 0.717) is 5.75 Å². The highest BCUT2D eigenvalue weighted by Gasteiger charge is 2.15. The number of carbonyl (C=O) groups is 1. The maximum atomic E-state index is 11.8. The Bertz CT molecular complexity index is 445. The van der Waals surface area contributed by atoms with E-state index in [2.05, 4.69) is 5.32 Å². The lowest BCUT2D eigenvalue weighted by molar-refractivity contribution is -0.127. The molecule has 5 heteroatoms. The zero-order valence-corrected chi connectivity index (χ0v) is 12.7. The minimum atomic E-state index is -0.191. The molecule has 0 spiro atoms. The summed E-state index contributed by atoms with van der Waals surface area (Å²) in [4.78, 5) is 11.8. The first-order chi connectivity index (χ1) is 9.47. The van der Waals surface area contributed by atoms with E-state index in [1.165, 1.54) is 0 Å². The van der Waals surface area contributed by atoms with Gasteiger partial charge in [0.25, 0.3) is 0 Å². The summed E-state index contributed by atoms with van der Waals surface area (Å²) >= 11 is 0. The van der Waals surface area contributed by atoms with Crippen molar-refractivity contribution in [3.8, 4) is 11.5 Å². The number of nitrogens with one attached hydrogen (secondary N) is 1. The summed E-state index contributed by atoms with van der Waals surface area (Å²) in [5.74, 6) is 1.28. The van der Waals surface area contributed by atoms with E-state index in [9.17, 15) is 4.79 Å². The fraction of sp³-hybridized carbons (Fsp3) is 0.533. The van der Waals surface area contributed by atoms with Crippen LogP contribution in [0.4, 0.5) is 0 Å². The van der Waals surface area contributed by atoms with E-state index in [-0.39, 0.29) is 24.7 Å². The van der Waals surface area contributed by atoms with Crippen molar-refractivity contribution in [3.63, 3.8) is 0 Å². The molecule has 1 N–H and O–H groups in total. The predicted molar refractivity (Wildman–Crippen MR) is 77.2 cm³/mol. The summed E-state index contributed by atoms with van der Waals surface area (Å²) in [6.07, 6.45) is 0.0300. The van der Waals surface area contributed by atoms with E-state index < -0.39 is 0 Å². The van der Waals surface area contributed by atoms with E-state index >= 15 is 0 Å². The molecule has 112 valence electrons. The van der Waals surface area contributed by atoms with Gasteiger partial charge in [0.15, 0.2) is 0 Å². The van der Waals surface area contributed by atoms with E-state index in [1.54, 1.807) is 14.2 Å². The second-order valence-electron chi connectivity index (χ2n) is 4.76. The highest BCUT2D eigenvalue weighted by molar-refractivity contribution is 5.77. The standard InChI is InChI=1S/C15H23NO4/c1-10(2)20-9-15(17)16-11(3)13-8-12(18-4)6-7-14(13)19-5/h6-8,10-11H,9H2,1-5H3,(H,16,17). The van der Waals surface area contributed by atoms with Gasteiger partial charge in [-0.3, -0.25) is 4.79 Å².